The zero-order valence-electron chi connectivity index (χ0n) is 18.6. The minimum absolute atomic E-state index is 0.154. The summed E-state index contributed by atoms with van der Waals surface area (Å²) < 4.78 is 12.1. The molecule has 0 aliphatic carbocycles. The van der Waals surface area contributed by atoms with Crippen LogP contribution < -0.4 is 20.3 Å². The fraction of sp³-hybridized carbons (Fsp3) is 0.292. The Morgan fingerprint density at radius 1 is 1.16 bits per heavy atom. The van der Waals surface area contributed by atoms with Crippen LogP contribution in [0, 0.1) is 0 Å². The van der Waals surface area contributed by atoms with Crippen molar-refractivity contribution in [2.75, 3.05) is 19.5 Å². The average Bonchev–Trinajstić information content (AvgIpc) is 3.16. The van der Waals surface area contributed by atoms with Crippen LogP contribution in [0.25, 0.3) is 21.9 Å². The number of rotatable bonds is 7. The van der Waals surface area contributed by atoms with Crippen LogP contribution in [0.5, 0.6) is 11.5 Å². The Labute approximate surface area is 185 Å². The number of methoxy groups -OCH3 is 2. The highest BCUT2D eigenvalue weighted by Gasteiger charge is 2.15. The number of carbonyl (C=O) groups is 1. The number of hydrogen-bond donors (Lipinski definition) is 2. The molecule has 2 heterocycles. The van der Waals surface area contributed by atoms with Gasteiger partial charge >= 0.3 is 0 Å². The molecule has 2 N–H and O–H groups in total. The van der Waals surface area contributed by atoms with E-state index < -0.39 is 0 Å². The summed E-state index contributed by atoms with van der Waals surface area (Å²) in [6, 6.07) is 11.3. The molecule has 0 atom stereocenters. The van der Waals surface area contributed by atoms with Crippen molar-refractivity contribution in [3.63, 3.8) is 0 Å². The van der Waals surface area contributed by atoms with Crippen molar-refractivity contribution in [2.45, 2.75) is 32.7 Å². The third-order valence-electron chi connectivity index (χ3n) is 5.51. The van der Waals surface area contributed by atoms with Crippen LogP contribution in [0.2, 0.25) is 0 Å². The van der Waals surface area contributed by atoms with E-state index in [1.165, 1.54) is 10.9 Å². The average molecular weight is 434 g/mol. The number of fused-ring (bicyclic) bond motifs is 3. The molecule has 1 amide bonds. The summed E-state index contributed by atoms with van der Waals surface area (Å²) in [6.45, 7) is 4.38. The van der Waals surface area contributed by atoms with Crippen LogP contribution in [-0.4, -0.2) is 34.7 Å². The zero-order valence-corrected chi connectivity index (χ0v) is 18.6. The first kappa shape index (κ1) is 21.4. The third kappa shape index (κ3) is 3.91. The minimum Gasteiger partial charge on any atom is -0.493 e. The Morgan fingerprint density at radius 3 is 2.59 bits per heavy atom. The summed E-state index contributed by atoms with van der Waals surface area (Å²) in [4.78, 5) is 33.1. The predicted octanol–water partition coefficient (Wildman–Crippen LogP) is 4.05. The van der Waals surface area contributed by atoms with Crippen molar-refractivity contribution in [3.8, 4) is 11.5 Å². The normalized spacial score (nSPS) is 11.3. The lowest BCUT2D eigenvalue weighted by molar-refractivity contribution is -0.116. The van der Waals surface area contributed by atoms with Crippen molar-refractivity contribution < 1.29 is 14.3 Å². The number of aromatic amines is 1. The van der Waals surface area contributed by atoms with Gasteiger partial charge in [-0.2, -0.15) is 0 Å². The maximum Gasteiger partial charge on any atom is 0.277 e. The van der Waals surface area contributed by atoms with Gasteiger partial charge in [-0.1, -0.05) is 32.0 Å². The Hall–Kier alpha value is -3.81. The molecule has 8 heteroatoms. The molecule has 0 fully saturated rings. The number of anilines is 1. The molecule has 2 aromatic carbocycles. The number of nitrogens with zero attached hydrogens (tertiary/aromatic N) is 2. The maximum atomic E-state index is 13.0. The van der Waals surface area contributed by atoms with Gasteiger partial charge in [-0.15, -0.1) is 0 Å². The van der Waals surface area contributed by atoms with Gasteiger partial charge in [0.1, 0.15) is 11.0 Å². The predicted molar refractivity (Wildman–Crippen MR) is 125 cm³/mol. The summed E-state index contributed by atoms with van der Waals surface area (Å²) in [5.74, 6) is 1.26. The number of aryl methyl sites for hydroxylation is 1. The van der Waals surface area contributed by atoms with Crippen molar-refractivity contribution in [3.05, 3.63) is 58.6 Å². The maximum absolute atomic E-state index is 13.0. The Balaban J connectivity index is 1.58. The van der Waals surface area contributed by atoms with E-state index in [0.29, 0.717) is 28.5 Å². The second-order valence-corrected chi connectivity index (χ2v) is 7.88. The SMILES string of the molecule is COc1cc2[nH]c3c(=O)n(CCC(=O)Nc4ccccc4C(C)C)cnc3c2cc1OC. The van der Waals surface area contributed by atoms with Crippen LogP contribution in [0.4, 0.5) is 5.69 Å². The van der Waals surface area contributed by atoms with Crippen molar-refractivity contribution in [1.29, 1.82) is 0 Å². The summed E-state index contributed by atoms with van der Waals surface area (Å²) in [5.41, 5.74) is 3.29. The highest BCUT2D eigenvalue weighted by atomic mass is 16.5. The van der Waals surface area contributed by atoms with Crippen LogP contribution in [0.15, 0.2) is 47.5 Å². The molecule has 4 rings (SSSR count). The zero-order chi connectivity index (χ0) is 22.8. The van der Waals surface area contributed by atoms with Gasteiger partial charge < -0.3 is 19.8 Å². The molecular formula is C24H26N4O4. The molecule has 0 saturated carbocycles. The van der Waals surface area contributed by atoms with Gasteiger partial charge in [0.25, 0.3) is 5.56 Å². The molecule has 4 aromatic rings. The number of para-hydroxylation sites is 1. The molecule has 166 valence electrons. The van der Waals surface area contributed by atoms with E-state index in [9.17, 15) is 9.59 Å². The summed E-state index contributed by atoms with van der Waals surface area (Å²) in [6.07, 6.45) is 1.63. The van der Waals surface area contributed by atoms with Gasteiger partial charge in [-0.3, -0.25) is 14.2 Å². The van der Waals surface area contributed by atoms with Crippen molar-refractivity contribution >= 4 is 33.5 Å². The number of H-pyrrole nitrogens is 1. The molecule has 32 heavy (non-hydrogen) atoms. The first-order valence-electron chi connectivity index (χ1n) is 10.4. The molecule has 8 nitrogen and oxygen atoms in total. The summed E-state index contributed by atoms with van der Waals surface area (Å²) in [7, 11) is 3.12. The minimum atomic E-state index is -0.237. The number of nitrogens with one attached hydrogen (secondary N) is 2. The van der Waals surface area contributed by atoms with E-state index in [1.807, 2.05) is 24.3 Å². The quantitative estimate of drug-likeness (QED) is 0.457. The molecule has 0 aliphatic heterocycles. The first-order chi connectivity index (χ1) is 15.4. The van der Waals surface area contributed by atoms with Crippen LogP contribution in [0.3, 0.4) is 0 Å². The van der Waals surface area contributed by atoms with Crippen molar-refractivity contribution in [1.82, 2.24) is 14.5 Å². The molecule has 0 radical (unpaired) electrons. The fourth-order valence-corrected chi connectivity index (χ4v) is 3.83. The van der Waals surface area contributed by atoms with Gasteiger partial charge in [0, 0.05) is 30.1 Å². The molecule has 0 spiro atoms. The number of aromatic nitrogens is 3. The van der Waals surface area contributed by atoms with E-state index in [-0.39, 0.29) is 24.4 Å². The molecule has 0 unspecified atom stereocenters. The Bertz CT molecular complexity index is 1350. The molecule has 2 aromatic heterocycles. The monoisotopic (exact) mass is 434 g/mol. The smallest absolute Gasteiger partial charge is 0.277 e. The van der Waals surface area contributed by atoms with Crippen LogP contribution in [0.1, 0.15) is 31.7 Å². The van der Waals surface area contributed by atoms with E-state index in [1.54, 1.807) is 26.4 Å². The molecule has 0 aliphatic rings. The lowest BCUT2D eigenvalue weighted by Crippen LogP contribution is -2.24. The number of ether oxygens (including phenoxy) is 2. The second-order valence-electron chi connectivity index (χ2n) is 7.88. The molecule has 0 bridgehead atoms. The fourth-order valence-electron chi connectivity index (χ4n) is 3.83. The highest BCUT2D eigenvalue weighted by Crippen LogP contribution is 2.34. The number of amides is 1. The van der Waals surface area contributed by atoms with Crippen molar-refractivity contribution in [2.24, 2.45) is 0 Å². The topological polar surface area (TPSA) is 98.2 Å². The van der Waals surface area contributed by atoms with Gasteiger partial charge in [0.15, 0.2) is 11.5 Å². The van der Waals surface area contributed by atoms with Gasteiger partial charge in [-0.25, -0.2) is 4.98 Å². The van der Waals surface area contributed by atoms with E-state index in [0.717, 1.165) is 22.2 Å². The van der Waals surface area contributed by atoms with E-state index >= 15 is 0 Å². The van der Waals surface area contributed by atoms with Gasteiger partial charge in [-0.05, 0) is 23.6 Å². The van der Waals surface area contributed by atoms with Gasteiger partial charge in [0.05, 0.1) is 26.1 Å². The Morgan fingerprint density at radius 2 is 1.88 bits per heavy atom. The number of hydrogen-bond acceptors (Lipinski definition) is 5. The largest absolute Gasteiger partial charge is 0.493 e. The van der Waals surface area contributed by atoms with Gasteiger partial charge in [0.2, 0.25) is 5.91 Å². The second kappa shape index (κ2) is 8.74. The van der Waals surface area contributed by atoms with E-state index in [4.69, 9.17) is 9.47 Å². The molecular weight excluding hydrogens is 408 g/mol. The standard InChI is InChI=1S/C24H26N4O4/c1-14(2)15-7-5-6-8-17(15)26-21(29)9-10-28-13-25-22-16-11-19(31-3)20(32-4)12-18(16)27-23(22)24(28)30/h5-8,11-14,27H,9-10H2,1-4H3,(H,26,29). The number of benzene rings is 2. The summed E-state index contributed by atoms with van der Waals surface area (Å²) >= 11 is 0. The molecule has 0 saturated heterocycles. The third-order valence-corrected chi connectivity index (χ3v) is 5.51. The lowest BCUT2D eigenvalue weighted by atomic mass is 10.0. The highest BCUT2D eigenvalue weighted by molar-refractivity contribution is 6.05. The first-order valence-corrected chi connectivity index (χ1v) is 10.4. The number of carbonyl (C=O) groups excluding carboxylic acids is 1. The Kier molecular flexibility index (Phi) is 5.85. The summed E-state index contributed by atoms with van der Waals surface area (Å²) in [5, 5.41) is 3.72. The van der Waals surface area contributed by atoms with Crippen LogP contribution >= 0.6 is 0 Å². The van der Waals surface area contributed by atoms with E-state index in [2.05, 4.69) is 29.1 Å². The van der Waals surface area contributed by atoms with Crippen LogP contribution in [-0.2, 0) is 11.3 Å². The lowest BCUT2D eigenvalue weighted by Gasteiger charge is -2.13.